The largest absolute Gasteiger partial charge is 0.465 e. The summed E-state index contributed by atoms with van der Waals surface area (Å²) >= 11 is 0. The number of rotatable bonds is 6. The molecule has 0 spiro atoms. The Morgan fingerprint density at radius 2 is 1.54 bits per heavy atom. The standard InChI is InChI=1S/C45H69N3O4/c1-40(2,3)52-39(50)48-29-27-47(28-30-48)26-25-46-45-20-10-11-35(45)34-16-17-37-42(6)21-18-33(31-12-14-32(15-13-31)38(49)51-9)41(4,5)36(42)19-22-44(37,8)43(34,7)23-24-45/h12-15,18,34-37,46H,10-11,16-17,19-30H2,1-9H3/t34-,35?,36?,37?,42+,43-,44-,45+/m1/s1. The Morgan fingerprint density at radius 3 is 2.21 bits per heavy atom. The molecule has 1 amide bonds. The summed E-state index contributed by atoms with van der Waals surface area (Å²) in [5.41, 5.74) is 4.26. The van der Waals surface area contributed by atoms with Crippen molar-refractivity contribution in [2.75, 3.05) is 46.4 Å². The number of fused-ring (bicyclic) bond motifs is 7. The maximum atomic E-state index is 12.6. The van der Waals surface area contributed by atoms with Crippen LogP contribution in [-0.2, 0) is 9.47 Å². The van der Waals surface area contributed by atoms with E-state index in [1.165, 1.54) is 76.0 Å². The van der Waals surface area contributed by atoms with Gasteiger partial charge in [-0.05, 0) is 147 Å². The molecule has 1 aromatic carbocycles. The number of carbonyl (C=O) groups is 2. The van der Waals surface area contributed by atoms with Crippen molar-refractivity contribution in [3.8, 4) is 0 Å². The number of esters is 1. The highest BCUT2D eigenvalue weighted by Gasteiger charge is 2.69. The topological polar surface area (TPSA) is 71.1 Å². The van der Waals surface area contributed by atoms with Gasteiger partial charge in [0.25, 0.3) is 0 Å². The second-order valence-corrected chi connectivity index (χ2v) is 20.2. The fourth-order valence-corrected chi connectivity index (χ4v) is 13.8. The summed E-state index contributed by atoms with van der Waals surface area (Å²) in [5, 5.41) is 4.26. The van der Waals surface area contributed by atoms with Gasteiger partial charge in [0.1, 0.15) is 5.60 Å². The lowest BCUT2D eigenvalue weighted by Crippen LogP contribution is -2.67. The number of benzene rings is 1. The molecule has 8 atom stereocenters. The maximum Gasteiger partial charge on any atom is 0.410 e. The van der Waals surface area contributed by atoms with Crippen molar-refractivity contribution in [3.05, 3.63) is 41.5 Å². The molecule has 0 aromatic heterocycles. The first kappa shape index (κ1) is 37.9. The van der Waals surface area contributed by atoms with Crippen LogP contribution in [0, 0.1) is 45.3 Å². The van der Waals surface area contributed by atoms with Crippen LogP contribution in [0.4, 0.5) is 4.79 Å². The number of carbonyl (C=O) groups excluding carboxylic acids is 2. The summed E-state index contributed by atoms with van der Waals surface area (Å²) < 4.78 is 10.6. The summed E-state index contributed by atoms with van der Waals surface area (Å²) in [6.45, 7) is 24.4. The van der Waals surface area contributed by atoms with Crippen molar-refractivity contribution in [2.45, 2.75) is 131 Å². The first-order valence-corrected chi connectivity index (χ1v) is 20.8. The molecule has 5 fully saturated rings. The van der Waals surface area contributed by atoms with E-state index < -0.39 is 5.60 Å². The van der Waals surface area contributed by atoms with E-state index in [0.717, 1.165) is 63.4 Å². The van der Waals surface area contributed by atoms with Gasteiger partial charge in [0.05, 0.1) is 12.7 Å². The molecule has 7 nitrogen and oxygen atoms in total. The van der Waals surface area contributed by atoms with Crippen LogP contribution in [0.3, 0.4) is 0 Å². The third-order valence-corrected chi connectivity index (χ3v) is 16.5. The second kappa shape index (κ2) is 13.4. The Balaban J connectivity index is 1.02. The molecule has 0 bridgehead atoms. The van der Waals surface area contributed by atoms with Crippen molar-refractivity contribution < 1.29 is 19.1 Å². The third-order valence-electron chi connectivity index (χ3n) is 16.5. The molecule has 1 saturated heterocycles. The van der Waals surface area contributed by atoms with Gasteiger partial charge >= 0.3 is 12.1 Å². The van der Waals surface area contributed by atoms with Crippen LogP contribution in [0.1, 0.15) is 136 Å². The van der Waals surface area contributed by atoms with Gasteiger partial charge in [0.2, 0.25) is 0 Å². The number of amides is 1. The molecule has 7 heteroatoms. The molecule has 1 N–H and O–H groups in total. The number of ether oxygens (including phenoxy) is 2. The predicted molar refractivity (Wildman–Crippen MR) is 209 cm³/mol. The molecule has 6 aliphatic rings. The molecule has 4 saturated carbocycles. The fourth-order valence-electron chi connectivity index (χ4n) is 13.8. The molecule has 7 rings (SSSR count). The summed E-state index contributed by atoms with van der Waals surface area (Å²) in [4.78, 5) is 29.1. The number of piperazine rings is 1. The zero-order chi connectivity index (χ0) is 37.3. The van der Waals surface area contributed by atoms with Crippen LogP contribution in [-0.4, -0.2) is 79.4 Å². The zero-order valence-electron chi connectivity index (χ0n) is 34.0. The Labute approximate surface area is 315 Å². The molecule has 5 aliphatic carbocycles. The van der Waals surface area contributed by atoms with E-state index >= 15 is 0 Å². The molecule has 288 valence electrons. The first-order valence-electron chi connectivity index (χ1n) is 20.8. The van der Waals surface area contributed by atoms with E-state index in [0.29, 0.717) is 27.9 Å². The molecule has 0 radical (unpaired) electrons. The Hall–Kier alpha value is -2.38. The van der Waals surface area contributed by atoms with Crippen molar-refractivity contribution >= 4 is 17.6 Å². The van der Waals surface area contributed by atoms with Gasteiger partial charge in [-0.15, -0.1) is 0 Å². The lowest BCUT2D eigenvalue weighted by molar-refractivity contribution is -0.217. The summed E-state index contributed by atoms with van der Waals surface area (Å²) in [5.74, 6) is 2.68. The van der Waals surface area contributed by atoms with Crippen molar-refractivity contribution in [1.82, 2.24) is 15.1 Å². The SMILES string of the molecule is COC(=O)c1ccc(C2=CC[C@@]3(C)C(CC[C@]4(C)C3CC[C@@H]3C5CCC[C@]5(NCCN5CCN(C(=O)OC(C)(C)C)CC5)CC[C@]34C)C2(C)C)cc1. The molecular weight excluding hydrogens is 647 g/mol. The van der Waals surface area contributed by atoms with E-state index in [9.17, 15) is 9.59 Å². The lowest BCUT2D eigenvalue weighted by Gasteiger charge is -2.72. The minimum absolute atomic E-state index is 0.0678. The van der Waals surface area contributed by atoms with Crippen LogP contribution in [0.15, 0.2) is 30.3 Å². The minimum atomic E-state index is -0.447. The van der Waals surface area contributed by atoms with Gasteiger partial charge in [0.15, 0.2) is 0 Å². The molecule has 1 aromatic rings. The number of allylic oxidation sites excluding steroid dienone is 2. The van der Waals surface area contributed by atoms with Gasteiger partial charge in [-0.2, -0.15) is 0 Å². The molecule has 1 aliphatic heterocycles. The molecule has 1 heterocycles. The van der Waals surface area contributed by atoms with Crippen LogP contribution < -0.4 is 5.32 Å². The van der Waals surface area contributed by atoms with E-state index in [1.807, 2.05) is 37.8 Å². The first-order chi connectivity index (χ1) is 24.5. The van der Waals surface area contributed by atoms with E-state index in [2.05, 4.69) is 63.0 Å². The Bertz CT molecular complexity index is 1540. The number of hydrogen-bond acceptors (Lipinski definition) is 6. The van der Waals surface area contributed by atoms with Crippen molar-refractivity contribution in [2.24, 2.45) is 45.3 Å². The van der Waals surface area contributed by atoms with E-state index in [4.69, 9.17) is 9.47 Å². The lowest BCUT2D eigenvalue weighted by atomic mass is 9.33. The third kappa shape index (κ3) is 6.16. The maximum absolute atomic E-state index is 12.6. The number of nitrogens with zero attached hydrogens (tertiary/aromatic N) is 2. The summed E-state index contributed by atoms with van der Waals surface area (Å²) in [6, 6.07) is 8.14. The van der Waals surface area contributed by atoms with Crippen LogP contribution in [0.25, 0.3) is 5.57 Å². The highest BCUT2D eigenvalue weighted by Crippen LogP contribution is 2.76. The van der Waals surface area contributed by atoms with Gasteiger partial charge in [0, 0.05) is 44.8 Å². The predicted octanol–water partition coefficient (Wildman–Crippen LogP) is 9.22. The van der Waals surface area contributed by atoms with Gasteiger partial charge < -0.3 is 19.7 Å². The highest BCUT2D eigenvalue weighted by atomic mass is 16.6. The highest BCUT2D eigenvalue weighted by molar-refractivity contribution is 5.90. The second-order valence-electron chi connectivity index (χ2n) is 20.2. The molecular formula is C45H69N3O4. The van der Waals surface area contributed by atoms with Crippen LogP contribution >= 0.6 is 0 Å². The smallest absolute Gasteiger partial charge is 0.410 e. The number of nitrogens with one attached hydrogen (secondary N) is 1. The van der Waals surface area contributed by atoms with Crippen molar-refractivity contribution in [1.29, 1.82) is 0 Å². The minimum Gasteiger partial charge on any atom is -0.465 e. The summed E-state index contributed by atoms with van der Waals surface area (Å²) in [6.07, 6.45) is 15.7. The Morgan fingerprint density at radius 1 is 0.827 bits per heavy atom. The average Bonchev–Trinajstić information content (AvgIpc) is 3.52. The van der Waals surface area contributed by atoms with Crippen LogP contribution in [0.2, 0.25) is 0 Å². The summed E-state index contributed by atoms with van der Waals surface area (Å²) in [7, 11) is 1.45. The number of methoxy groups -OCH3 is 1. The van der Waals surface area contributed by atoms with Gasteiger partial charge in [-0.25, -0.2) is 9.59 Å². The zero-order valence-corrected chi connectivity index (χ0v) is 34.0. The van der Waals surface area contributed by atoms with E-state index in [-0.39, 0.29) is 22.9 Å². The number of hydrogen-bond donors (Lipinski definition) is 1. The van der Waals surface area contributed by atoms with Gasteiger partial charge in [-0.1, -0.05) is 59.2 Å². The Kier molecular flexibility index (Phi) is 9.79. The molecule has 3 unspecified atom stereocenters. The quantitative estimate of drug-likeness (QED) is 0.296. The molecule has 52 heavy (non-hydrogen) atoms. The van der Waals surface area contributed by atoms with Crippen LogP contribution in [0.5, 0.6) is 0 Å². The fraction of sp³-hybridized carbons (Fsp3) is 0.778. The average molecular weight is 716 g/mol. The van der Waals surface area contributed by atoms with Crippen molar-refractivity contribution in [3.63, 3.8) is 0 Å². The monoisotopic (exact) mass is 716 g/mol. The van der Waals surface area contributed by atoms with Gasteiger partial charge in [-0.3, -0.25) is 4.90 Å². The van der Waals surface area contributed by atoms with E-state index in [1.54, 1.807) is 0 Å². The normalized spacial score (nSPS) is 38.6.